The largest absolute Gasteiger partial charge is 0.508 e. The summed E-state index contributed by atoms with van der Waals surface area (Å²) in [5.74, 6) is -0.619. The van der Waals surface area contributed by atoms with Crippen LogP contribution in [0, 0.1) is 19.8 Å². The highest BCUT2D eigenvalue weighted by Crippen LogP contribution is 2.29. The van der Waals surface area contributed by atoms with E-state index in [0.29, 0.717) is 12.1 Å². The number of phenolic OH excluding ortho intramolecular Hbond substituents is 1. The lowest BCUT2D eigenvalue weighted by molar-refractivity contribution is -0.122. The monoisotopic (exact) mass is 375 g/mol. The molecule has 0 aliphatic rings. The van der Waals surface area contributed by atoms with Crippen LogP contribution in [0.1, 0.15) is 16.7 Å². The predicted octanol–water partition coefficient (Wildman–Crippen LogP) is 4.52. The van der Waals surface area contributed by atoms with Crippen molar-refractivity contribution in [3.63, 3.8) is 0 Å². The number of benzene rings is 3. The molecule has 3 aromatic rings. The molecule has 0 aliphatic carbocycles. The van der Waals surface area contributed by atoms with Gasteiger partial charge in [-0.2, -0.15) is 0 Å². The molecule has 0 spiro atoms. The number of hydrogen-bond donors (Lipinski definition) is 2. The van der Waals surface area contributed by atoms with Gasteiger partial charge in [0.05, 0.1) is 12.5 Å². The molecule has 1 unspecified atom stereocenters. The van der Waals surface area contributed by atoms with Crippen molar-refractivity contribution >= 4 is 17.3 Å². The fourth-order valence-corrected chi connectivity index (χ4v) is 3.47. The van der Waals surface area contributed by atoms with Gasteiger partial charge in [-0.15, -0.1) is 0 Å². The van der Waals surface area contributed by atoms with E-state index in [2.05, 4.69) is 18.2 Å². The van der Waals surface area contributed by atoms with Gasteiger partial charge in [0.15, 0.2) is 0 Å². The molecule has 4 heteroatoms. The lowest BCUT2D eigenvalue weighted by Gasteiger charge is -2.27. The van der Waals surface area contributed by atoms with Crippen molar-refractivity contribution in [3.8, 4) is 5.75 Å². The summed E-state index contributed by atoms with van der Waals surface area (Å²) in [7, 11) is 0. The van der Waals surface area contributed by atoms with Gasteiger partial charge in [-0.05, 0) is 62.2 Å². The third-order valence-electron chi connectivity index (χ3n) is 4.68. The minimum Gasteiger partial charge on any atom is -0.508 e. The van der Waals surface area contributed by atoms with Crippen molar-refractivity contribution < 1.29 is 15.0 Å². The molecule has 0 saturated heterocycles. The number of amides is 1. The molecular formula is C24H25NO3. The molecule has 1 amide bonds. The number of aliphatic hydroxyl groups excluding tert-OH is 1. The van der Waals surface area contributed by atoms with E-state index in [1.807, 2.05) is 44.2 Å². The normalized spacial score (nSPS) is 11.8. The van der Waals surface area contributed by atoms with E-state index in [1.165, 1.54) is 0 Å². The Bertz CT molecular complexity index is 916. The second-order valence-electron chi connectivity index (χ2n) is 7.11. The summed E-state index contributed by atoms with van der Waals surface area (Å²) in [6, 6.07) is 22.0. The van der Waals surface area contributed by atoms with Crippen molar-refractivity contribution in [1.29, 1.82) is 0 Å². The van der Waals surface area contributed by atoms with Crippen molar-refractivity contribution in [1.82, 2.24) is 0 Å². The highest BCUT2D eigenvalue weighted by atomic mass is 16.3. The molecule has 0 saturated carbocycles. The second kappa shape index (κ2) is 8.72. The molecule has 0 bridgehead atoms. The lowest BCUT2D eigenvalue weighted by atomic mass is 9.95. The first-order chi connectivity index (χ1) is 13.5. The van der Waals surface area contributed by atoms with E-state index >= 15 is 0 Å². The number of carbonyl (C=O) groups excluding carboxylic acids is 1. The maximum atomic E-state index is 13.4. The summed E-state index contributed by atoms with van der Waals surface area (Å²) in [6.45, 7) is 3.81. The summed E-state index contributed by atoms with van der Waals surface area (Å²) in [5, 5.41) is 19.6. The number of hydrogen-bond acceptors (Lipinski definition) is 3. The summed E-state index contributed by atoms with van der Waals surface area (Å²) in [4.78, 5) is 15.0. The maximum absolute atomic E-state index is 13.4. The number of aliphatic hydroxyl groups is 1. The van der Waals surface area contributed by atoms with Crippen LogP contribution in [0.4, 0.5) is 11.4 Å². The Morgan fingerprint density at radius 1 is 0.893 bits per heavy atom. The van der Waals surface area contributed by atoms with Gasteiger partial charge in [-0.1, -0.05) is 47.5 Å². The SMILES string of the molecule is Cc1cc(C)cc(CC(CO)C(=O)N(c2ccccc2)c2ccc(O)cc2)c1. The number of phenols is 1. The summed E-state index contributed by atoms with van der Waals surface area (Å²) in [6.07, 6.45) is 0.458. The number of carbonyl (C=O) groups is 1. The van der Waals surface area contributed by atoms with Gasteiger partial charge in [0.25, 0.3) is 0 Å². The van der Waals surface area contributed by atoms with Crippen LogP contribution in [0.5, 0.6) is 5.75 Å². The van der Waals surface area contributed by atoms with E-state index in [1.54, 1.807) is 29.2 Å². The first-order valence-corrected chi connectivity index (χ1v) is 9.34. The van der Waals surface area contributed by atoms with Gasteiger partial charge in [-0.25, -0.2) is 0 Å². The zero-order chi connectivity index (χ0) is 20.1. The standard InChI is InChI=1S/C24H25NO3/c1-17-12-18(2)14-19(13-17)15-20(16-26)24(28)25(21-6-4-3-5-7-21)22-8-10-23(27)11-9-22/h3-14,20,26-27H,15-16H2,1-2H3. The molecule has 3 rings (SSSR count). The molecular weight excluding hydrogens is 350 g/mol. The number of aryl methyl sites for hydroxylation is 2. The predicted molar refractivity (Wildman–Crippen MR) is 112 cm³/mol. The van der Waals surface area contributed by atoms with Crippen LogP contribution in [-0.2, 0) is 11.2 Å². The van der Waals surface area contributed by atoms with Crippen molar-refractivity contribution in [2.24, 2.45) is 5.92 Å². The zero-order valence-electron chi connectivity index (χ0n) is 16.2. The van der Waals surface area contributed by atoms with Crippen LogP contribution >= 0.6 is 0 Å². The molecule has 0 heterocycles. The number of anilines is 2. The van der Waals surface area contributed by atoms with Gasteiger partial charge in [0.2, 0.25) is 5.91 Å². The average Bonchev–Trinajstić information content (AvgIpc) is 2.68. The second-order valence-corrected chi connectivity index (χ2v) is 7.11. The Balaban J connectivity index is 1.95. The number of para-hydroxylation sites is 1. The Hall–Kier alpha value is -3.11. The number of nitrogens with zero attached hydrogens (tertiary/aromatic N) is 1. The smallest absolute Gasteiger partial charge is 0.237 e. The Kier molecular flexibility index (Phi) is 6.12. The van der Waals surface area contributed by atoms with E-state index in [-0.39, 0.29) is 18.3 Å². The Morgan fingerprint density at radius 2 is 1.46 bits per heavy atom. The first kappa shape index (κ1) is 19.6. The third-order valence-corrected chi connectivity index (χ3v) is 4.68. The third kappa shape index (κ3) is 4.59. The fraction of sp³-hybridized carbons (Fsp3) is 0.208. The molecule has 1 atom stereocenters. The molecule has 0 fully saturated rings. The topological polar surface area (TPSA) is 60.8 Å². The zero-order valence-corrected chi connectivity index (χ0v) is 16.2. The maximum Gasteiger partial charge on any atom is 0.237 e. The minimum atomic E-state index is -0.574. The summed E-state index contributed by atoms with van der Waals surface area (Å²) < 4.78 is 0. The van der Waals surface area contributed by atoms with Gasteiger partial charge in [-0.3, -0.25) is 9.69 Å². The highest BCUT2D eigenvalue weighted by Gasteiger charge is 2.26. The van der Waals surface area contributed by atoms with Crippen LogP contribution in [0.15, 0.2) is 72.8 Å². The van der Waals surface area contributed by atoms with Crippen LogP contribution < -0.4 is 4.90 Å². The molecule has 2 N–H and O–H groups in total. The lowest BCUT2D eigenvalue weighted by Crippen LogP contribution is -2.35. The van der Waals surface area contributed by atoms with E-state index in [0.717, 1.165) is 22.4 Å². The Morgan fingerprint density at radius 3 is 2.04 bits per heavy atom. The molecule has 0 radical (unpaired) electrons. The number of aromatic hydroxyl groups is 1. The Labute approximate surface area is 165 Å². The molecule has 3 aromatic carbocycles. The van der Waals surface area contributed by atoms with E-state index < -0.39 is 5.92 Å². The molecule has 4 nitrogen and oxygen atoms in total. The molecule has 0 aromatic heterocycles. The molecule has 144 valence electrons. The first-order valence-electron chi connectivity index (χ1n) is 9.34. The fourth-order valence-electron chi connectivity index (χ4n) is 3.47. The van der Waals surface area contributed by atoms with Crippen molar-refractivity contribution in [2.75, 3.05) is 11.5 Å². The van der Waals surface area contributed by atoms with Crippen molar-refractivity contribution in [2.45, 2.75) is 20.3 Å². The average molecular weight is 375 g/mol. The summed E-state index contributed by atoms with van der Waals surface area (Å²) in [5.41, 5.74) is 4.67. The van der Waals surface area contributed by atoms with E-state index in [9.17, 15) is 15.0 Å². The van der Waals surface area contributed by atoms with Gasteiger partial charge in [0, 0.05) is 11.4 Å². The highest BCUT2D eigenvalue weighted by molar-refractivity contribution is 6.02. The quantitative estimate of drug-likeness (QED) is 0.666. The van der Waals surface area contributed by atoms with E-state index in [4.69, 9.17) is 0 Å². The van der Waals surface area contributed by atoms with Crippen LogP contribution in [0.25, 0.3) is 0 Å². The molecule has 28 heavy (non-hydrogen) atoms. The van der Waals surface area contributed by atoms with Gasteiger partial charge >= 0.3 is 0 Å². The van der Waals surface area contributed by atoms with Crippen LogP contribution in [-0.4, -0.2) is 22.7 Å². The van der Waals surface area contributed by atoms with Crippen LogP contribution in [0.3, 0.4) is 0 Å². The van der Waals surface area contributed by atoms with Crippen molar-refractivity contribution in [3.05, 3.63) is 89.5 Å². The summed E-state index contributed by atoms with van der Waals surface area (Å²) >= 11 is 0. The van der Waals surface area contributed by atoms with Crippen LogP contribution in [0.2, 0.25) is 0 Å². The molecule has 0 aliphatic heterocycles. The number of rotatable bonds is 6. The van der Waals surface area contributed by atoms with Gasteiger partial charge < -0.3 is 10.2 Å². The van der Waals surface area contributed by atoms with Gasteiger partial charge in [0.1, 0.15) is 5.75 Å². The minimum absolute atomic E-state index is 0.137.